The van der Waals surface area contributed by atoms with Crippen LogP contribution in [0.3, 0.4) is 0 Å². The molecule has 1 heterocycles. The van der Waals surface area contributed by atoms with Gasteiger partial charge in [-0.05, 0) is 78.9 Å². The molecule has 0 saturated carbocycles. The highest BCUT2D eigenvalue weighted by atomic mass is 79.9. The fraction of sp³-hybridized carbons (Fsp3) is 0. The van der Waals surface area contributed by atoms with E-state index in [-0.39, 0.29) is 11.3 Å². The SMILES string of the molecule is O=C(Oc1ccc(Br)cc1C=Nn1c(-c2ccc(Cl)cc2)nc2ccccc2c1=O)c1ccc(Br)cc1. The molecule has 182 valence electrons. The van der Waals surface area contributed by atoms with Crippen molar-refractivity contribution in [3.05, 3.63) is 126 Å². The second-order valence-electron chi connectivity index (χ2n) is 7.90. The molecule has 6 nitrogen and oxygen atoms in total. The summed E-state index contributed by atoms with van der Waals surface area (Å²) < 4.78 is 8.49. The molecule has 0 saturated heterocycles. The van der Waals surface area contributed by atoms with E-state index in [0.717, 1.165) is 8.95 Å². The largest absolute Gasteiger partial charge is 0.422 e. The first kappa shape index (κ1) is 25.1. The van der Waals surface area contributed by atoms with E-state index in [1.54, 1.807) is 84.9 Å². The van der Waals surface area contributed by atoms with Gasteiger partial charge >= 0.3 is 5.97 Å². The van der Waals surface area contributed by atoms with Crippen LogP contribution >= 0.6 is 43.5 Å². The van der Waals surface area contributed by atoms with E-state index in [1.807, 2.05) is 6.07 Å². The number of hydrogen-bond donors (Lipinski definition) is 0. The third-order valence-corrected chi connectivity index (χ3v) is 6.70. The van der Waals surface area contributed by atoms with E-state index in [0.29, 0.717) is 38.4 Å². The van der Waals surface area contributed by atoms with Gasteiger partial charge in [-0.2, -0.15) is 9.78 Å². The van der Waals surface area contributed by atoms with Crippen molar-refractivity contribution < 1.29 is 9.53 Å². The smallest absolute Gasteiger partial charge is 0.343 e. The molecule has 0 aliphatic rings. The van der Waals surface area contributed by atoms with Gasteiger partial charge in [-0.15, -0.1) is 0 Å². The lowest BCUT2D eigenvalue weighted by atomic mass is 10.2. The van der Waals surface area contributed by atoms with Crippen molar-refractivity contribution in [3.63, 3.8) is 0 Å². The minimum absolute atomic E-state index is 0.287. The van der Waals surface area contributed by atoms with Crippen LogP contribution < -0.4 is 10.3 Å². The Balaban J connectivity index is 1.58. The maximum atomic E-state index is 13.4. The Morgan fingerprint density at radius 2 is 1.62 bits per heavy atom. The molecule has 0 radical (unpaired) electrons. The van der Waals surface area contributed by atoms with Gasteiger partial charge in [0.2, 0.25) is 0 Å². The number of halogens is 3. The molecular weight excluding hydrogens is 622 g/mol. The van der Waals surface area contributed by atoms with E-state index >= 15 is 0 Å². The summed E-state index contributed by atoms with van der Waals surface area (Å²) in [6.45, 7) is 0. The number of benzene rings is 4. The maximum absolute atomic E-state index is 13.4. The Morgan fingerprint density at radius 3 is 2.38 bits per heavy atom. The van der Waals surface area contributed by atoms with Gasteiger partial charge in [0.25, 0.3) is 5.56 Å². The zero-order valence-electron chi connectivity index (χ0n) is 18.9. The van der Waals surface area contributed by atoms with Crippen LogP contribution in [0.2, 0.25) is 5.02 Å². The van der Waals surface area contributed by atoms with Crippen LogP contribution in [0.4, 0.5) is 0 Å². The van der Waals surface area contributed by atoms with Gasteiger partial charge < -0.3 is 4.74 Å². The molecule has 37 heavy (non-hydrogen) atoms. The predicted octanol–water partition coefficient (Wildman–Crippen LogP) is 7.34. The van der Waals surface area contributed by atoms with Gasteiger partial charge in [0.1, 0.15) is 5.75 Å². The van der Waals surface area contributed by atoms with Crippen molar-refractivity contribution in [2.45, 2.75) is 0 Å². The van der Waals surface area contributed by atoms with Crippen LogP contribution in [0.5, 0.6) is 5.75 Å². The van der Waals surface area contributed by atoms with Crippen molar-refractivity contribution in [1.82, 2.24) is 9.66 Å². The van der Waals surface area contributed by atoms with Crippen molar-refractivity contribution in [1.29, 1.82) is 0 Å². The molecule has 1 aromatic heterocycles. The second-order valence-corrected chi connectivity index (χ2v) is 10.2. The minimum Gasteiger partial charge on any atom is -0.422 e. The van der Waals surface area contributed by atoms with Gasteiger partial charge in [-0.3, -0.25) is 4.79 Å². The number of carbonyl (C=O) groups excluding carboxylic acids is 1. The summed E-state index contributed by atoms with van der Waals surface area (Å²) in [5.74, 6) is 0.116. The first-order chi connectivity index (χ1) is 17.9. The van der Waals surface area contributed by atoms with Crippen molar-refractivity contribution in [3.8, 4) is 17.1 Å². The van der Waals surface area contributed by atoms with Crippen LogP contribution in [0, 0.1) is 0 Å². The van der Waals surface area contributed by atoms with Crippen LogP contribution in [0.15, 0.2) is 110 Å². The third-order valence-electron chi connectivity index (χ3n) is 5.42. The molecule has 5 rings (SSSR count). The number of carbonyl (C=O) groups is 1. The zero-order valence-corrected chi connectivity index (χ0v) is 22.9. The standard InChI is InChI=1S/C28H16Br2ClN3O3/c29-20-9-5-18(6-10-20)28(36)37-25-14-11-21(30)15-19(25)16-32-34-26(17-7-12-22(31)13-8-17)33-24-4-2-1-3-23(24)27(34)35/h1-16H. The van der Waals surface area contributed by atoms with Gasteiger partial charge in [-0.1, -0.05) is 55.6 Å². The van der Waals surface area contributed by atoms with Gasteiger partial charge in [0.15, 0.2) is 5.82 Å². The highest BCUT2D eigenvalue weighted by Crippen LogP contribution is 2.25. The molecule has 0 amide bonds. The topological polar surface area (TPSA) is 73.5 Å². The summed E-state index contributed by atoms with van der Waals surface area (Å²) >= 11 is 12.9. The molecule has 0 N–H and O–H groups in total. The van der Waals surface area contributed by atoms with Gasteiger partial charge in [0.05, 0.1) is 22.7 Å². The molecule has 9 heteroatoms. The molecule has 0 unspecified atom stereocenters. The summed E-state index contributed by atoms with van der Waals surface area (Å²) in [5, 5.41) is 5.47. The van der Waals surface area contributed by atoms with E-state index in [2.05, 4.69) is 37.0 Å². The highest BCUT2D eigenvalue weighted by Gasteiger charge is 2.14. The number of ether oxygens (including phenoxy) is 1. The first-order valence-electron chi connectivity index (χ1n) is 11.0. The van der Waals surface area contributed by atoms with Crippen LogP contribution in [0.25, 0.3) is 22.3 Å². The maximum Gasteiger partial charge on any atom is 0.343 e. The quantitative estimate of drug-likeness (QED) is 0.115. The summed E-state index contributed by atoms with van der Waals surface area (Å²) in [4.78, 5) is 30.9. The number of nitrogens with zero attached hydrogens (tertiary/aromatic N) is 3. The first-order valence-corrected chi connectivity index (χ1v) is 12.9. The lowest BCUT2D eigenvalue weighted by Crippen LogP contribution is -2.20. The molecule has 0 bridgehead atoms. The Morgan fingerprint density at radius 1 is 0.919 bits per heavy atom. The number of para-hydroxylation sites is 1. The molecule has 0 fully saturated rings. The zero-order chi connectivity index (χ0) is 25.9. The average molecular weight is 638 g/mol. The Hall–Kier alpha value is -3.59. The fourth-order valence-electron chi connectivity index (χ4n) is 3.59. The monoisotopic (exact) mass is 635 g/mol. The summed E-state index contributed by atoms with van der Waals surface area (Å²) in [5.41, 5.74) is 1.77. The van der Waals surface area contributed by atoms with Crippen molar-refractivity contribution >= 4 is 66.5 Å². The average Bonchev–Trinajstić information content (AvgIpc) is 2.90. The Labute approximate surface area is 233 Å². The van der Waals surface area contributed by atoms with Crippen LogP contribution in [0.1, 0.15) is 15.9 Å². The lowest BCUT2D eigenvalue weighted by Gasteiger charge is -2.11. The molecule has 0 spiro atoms. The number of rotatable bonds is 5. The molecule has 0 atom stereocenters. The van der Waals surface area contributed by atoms with E-state index in [4.69, 9.17) is 21.3 Å². The minimum atomic E-state index is -0.518. The van der Waals surface area contributed by atoms with Gasteiger partial charge in [0, 0.05) is 25.1 Å². The van der Waals surface area contributed by atoms with Crippen LogP contribution in [-0.4, -0.2) is 21.8 Å². The molecule has 0 aliphatic heterocycles. The molecular formula is C28H16Br2ClN3O3. The number of fused-ring (bicyclic) bond motifs is 1. The molecule has 5 aromatic rings. The summed E-state index contributed by atoms with van der Waals surface area (Å²) in [6.07, 6.45) is 1.46. The van der Waals surface area contributed by atoms with E-state index < -0.39 is 5.97 Å². The summed E-state index contributed by atoms with van der Waals surface area (Å²) in [7, 11) is 0. The second kappa shape index (κ2) is 10.8. The van der Waals surface area contributed by atoms with E-state index in [9.17, 15) is 9.59 Å². The van der Waals surface area contributed by atoms with Crippen molar-refractivity contribution in [2.24, 2.45) is 5.10 Å². The fourth-order valence-corrected chi connectivity index (χ4v) is 4.36. The molecule has 0 aliphatic carbocycles. The molecule has 4 aromatic carbocycles. The normalized spacial score (nSPS) is 11.2. The lowest BCUT2D eigenvalue weighted by molar-refractivity contribution is 0.0734. The highest BCUT2D eigenvalue weighted by molar-refractivity contribution is 9.10. The predicted molar refractivity (Wildman–Crippen MR) is 153 cm³/mol. The summed E-state index contributed by atoms with van der Waals surface area (Å²) in [6, 6.07) is 26.1. The van der Waals surface area contributed by atoms with E-state index in [1.165, 1.54) is 10.9 Å². The Bertz CT molecular complexity index is 1720. The van der Waals surface area contributed by atoms with Crippen LogP contribution in [-0.2, 0) is 0 Å². The Kier molecular flexibility index (Phi) is 7.32. The number of aromatic nitrogens is 2. The third kappa shape index (κ3) is 5.56. The number of esters is 1. The number of hydrogen-bond acceptors (Lipinski definition) is 5. The van der Waals surface area contributed by atoms with Gasteiger partial charge in [-0.25, -0.2) is 9.78 Å². The van der Waals surface area contributed by atoms with Crippen molar-refractivity contribution in [2.75, 3.05) is 0 Å².